The van der Waals surface area contributed by atoms with Crippen molar-refractivity contribution in [1.29, 1.82) is 0 Å². The van der Waals surface area contributed by atoms with Crippen LogP contribution in [0.5, 0.6) is 0 Å². The van der Waals surface area contributed by atoms with E-state index in [4.69, 9.17) is 14.5 Å². The highest BCUT2D eigenvalue weighted by Gasteiger charge is 2.29. The van der Waals surface area contributed by atoms with E-state index in [1.807, 2.05) is 41.9 Å². The number of rotatable bonds is 4. The van der Waals surface area contributed by atoms with E-state index in [9.17, 15) is 9.59 Å². The van der Waals surface area contributed by atoms with Gasteiger partial charge in [-0.3, -0.25) is 0 Å². The van der Waals surface area contributed by atoms with Crippen LogP contribution in [0.2, 0.25) is 0 Å². The molecule has 38 heavy (non-hydrogen) atoms. The number of carbonyl (C=O) groups excluding carboxylic acids is 2. The SMILES string of the molecule is Cn1cncc1-c1cc2nc(N(NC(=O)OC(C)(C)C)C(=O)OC(C)(C)C)ccc2n1Cc1ccccc1. The first-order valence-electron chi connectivity index (χ1n) is 12.3. The van der Waals surface area contributed by atoms with Crippen molar-refractivity contribution in [2.45, 2.75) is 59.3 Å². The lowest BCUT2D eigenvalue weighted by atomic mass is 10.2. The van der Waals surface area contributed by atoms with Gasteiger partial charge in [0.1, 0.15) is 11.2 Å². The van der Waals surface area contributed by atoms with Crippen molar-refractivity contribution < 1.29 is 19.1 Å². The van der Waals surface area contributed by atoms with Gasteiger partial charge in [-0.25, -0.2) is 25.0 Å². The first kappa shape index (κ1) is 26.7. The summed E-state index contributed by atoms with van der Waals surface area (Å²) in [6.07, 6.45) is 1.95. The molecular weight excluding hydrogens is 484 g/mol. The summed E-state index contributed by atoms with van der Waals surface area (Å²) >= 11 is 0. The van der Waals surface area contributed by atoms with Gasteiger partial charge in [-0.2, -0.15) is 5.01 Å². The second-order valence-corrected chi connectivity index (χ2v) is 11.0. The van der Waals surface area contributed by atoms with Crippen molar-refractivity contribution in [2.24, 2.45) is 7.05 Å². The normalized spacial score (nSPS) is 11.9. The third kappa shape index (κ3) is 6.31. The van der Waals surface area contributed by atoms with Crippen molar-refractivity contribution in [3.05, 3.63) is 66.6 Å². The maximum absolute atomic E-state index is 13.1. The van der Waals surface area contributed by atoms with Crippen molar-refractivity contribution in [1.82, 2.24) is 24.5 Å². The summed E-state index contributed by atoms with van der Waals surface area (Å²) < 4.78 is 15.0. The molecule has 0 bridgehead atoms. The number of pyridine rings is 1. The second-order valence-electron chi connectivity index (χ2n) is 11.0. The molecular formula is C28H34N6O4. The van der Waals surface area contributed by atoms with Gasteiger partial charge in [0.25, 0.3) is 0 Å². The van der Waals surface area contributed by atoms with Crippen molar-refractivity contribution in [2.75, 3.05) is 5.01 Å². The molecule has 1 aromatic carbocycles. The number of carbonyl (C=O) groups is 2. The fourth-order valence-electron chi connectivity index (χ4n) is 3.90. The lowest BCUT2D eigenvalue weighted by Crippen LogP contribution is -2.50. The number of hydrogen-bond acceptors (Lipinski definition) is 6. The summed E-state index contributed by atoms with van der Waals surface area (Å²) in [5.74, 6) is 0.186. The molecule has 0 unspecified atom stereocenters. The number of hydrogen-bond donors (Lipinski definition) is 1. The summed E-state index contributed by atoms with van der Waals surface area (Å²) in [6, 6.07) is 15.6. The zero-order chi connectivity index (χ0) is 27.7. The summed E-state index contributed by atoms with van der Waals surface area (Å²) in [6.45, 7) is 11.1. The van der Waals surface area contributed by atoms with E-state index in [2.05, 4.69) is 27.1 Å². The number of imidazole rings is 1. The molecule has 0 aliphatic carbocycles. The third-order valence-electron chi connectivity index (χ3n) is 5.41. The quantitative estimate of drug-likeness (QED) is 0.349. The summed E-state index contributed by atoms with van der Waals surface area (Å²) in [5, 5.41) is 0.969. The number of benzene rings is 1. The second kappa shape index (κ2) is 10.2. The molecule has 10 heteroatoms. The number of hydrazine groups is 1. The van der Waals surface area contributed by atoms with Crippen molar-refractivity contribution >= 4 is 29.0 Å². The Morgan fingerprint density at radius 1 is 0.947 bits per heavy atom. The van der Waals surface area contributed by atoms with Gasteiger partial charge >= 0.3 is 12.2 Å². The fraction of sp³-hybridized carbons (Fsp3) is 0.357. The Morgan fingerprint density at radius 3 is 2.24 bits per heavy atom. The first-order valence-corrected chi connectivity index (χ1v) is 12.3. The molecule has 3 aromatic heterocycles. The van der Waals surface area contributed by atoms with E-state index < -0.39 is 23.4 Å². The fourth-order valence-corrected chi connectivity index (χ4v) is 3.90. The molecule has 1 N–H and O–H groups in total. The Hall–Kier alpha value is -4.34. The number of fused-ring (bicyclic) bond motifs is 1. The van der Waals surface area contributed by atoms with Gasteiger partial charge in [0.2, 0.25) is 0 Å². The number of amides is 2. The largest absolute Gasteiger partial charge is 0.443 e. The highest BCUT2D eigenvalue weighted by atomic mass is 16.6. The average molecular weight is 519 g/mol. The minimum atomic E-state index is -0.803. The molecule has 4 aromatic rings. The van der Waals surface area contributed by atoms with Crippen molar-refractivity contribution in [3.63, 3.8) is 0 Å². The highest BCUT2D eigenvalue weighted by molar-refractivity contribution is 5.92. The van der Waals surface area contributed by atoms with Crippen LogP contribution < -0.4 is 10.4 Å². The molecule has 0 aliphatic rings. The van der Waals surface area contributed by atoms with Crippen LogP contribution in [-0.2, 0) is 23.1 Å². The molecule has 0 saturated heterocycles. The summed E-state index contributed by atoms with van der Waals surface area (Å²) in [7, 11) is 1.93. The first-order chi connectivity index (χ1) is 17.8. The molecule has 0 saturated carbocycles. The smallest absolute Gasteiger partial charge is 0.435 e. The Kier molecular flexibility index (Phi) is 7.17. The van der Waals surface area contributed by atoms with E-state index in [0.717, 1.165) is 27.5 Å². The van der Waals surface area contributed by atoms with Crippen LogP contribution in [0, 0.1) is 0 Å². The minimum Gasteiger partial charge on any atom is -0.443 e. The molecule has 10 nitrogen and oxygen atoms in total. The molecule has 200 valence electrons. The molecule has 0 fully saturated rings. The number of aryl methyl sites for hydroxylation is 1. The third-order valence-corrected chi connectivity index (χ3v) is 5.41. The van der Waals surface area contributed by atoms with Gasteiger partial charge in [-0.05, 0) is 65.3 Å². The topological polar surface area (TPSA) is 104 Å². The lowest BCUT2D eigenvalue weighted by molar-refractivity contribution is 0.0424. The average Bonchev–Trinajstić information content (AvgIpc) is 3.38. The predicted molar refractivity (Wildman–Crippen MR) is 146 cm³/mol. The molecule has 3 heterocycles. The molecule has 0 aliphatic heterocycles. The monoisotopic (exact) mass is 518 g/mol. The summed E-state index contributed by atoms with van der Waals surface area (Å²) in [5.41, 5.74) is 5.38. The van der Waals surface area contributed by atoms with E-state index >= 15 is 0 Å². The maximum atomic E-state index is 13.1. The number of nitrogens with zero attached hydrogens (tertiary/aromatic N) is 5. The zero-order valence-electron chi connectivity index (χ0n) is 22.8. The van der Waals surface area contributed by atoms with Crippen LogP contribution in [-0.4, -0.2) is 42.5 Å². The van der Waals surface area contributed by atoms with Crippen LogP contribution in [0.15, 0.2) is 61.1 Å². The maximum Gasteiger partial charge on any atom is 0.435 e. The lowest BCUT2D eigenvalue weighted by Gasteiger charge is -2.28. The van der Waals surface area contributed by atoms with Crippen LogP contribution in [0.25, 0.3) is 22.4 Å². The summed E-state index contributed by atoms with van der Waals surface area (Å²) in [4.78, 5) is 34.7. The zero-order valence-corrected chi connectivity index (χ0v) is 22.8. The van der Waals surface area contributed by atoms with E-state index in [1.165, 1.54) is 0 Å². The Balaban J connectivity index is 1.79. The van der Waals surface area contributed by atoms with Gasteiger partial charge < -0.3 is 18.6 Å². The standard InChI is InChI=1S/C28H34N6O4/c1-27(2,3)37-25(35)31-34(26(36)38-28(4,5)6)24-14-13-21-20(30-24)15-22(23-16-29-18-32(23)7)33(21)17-19-11-9-8-10-12-19/h8-16,18H,17H2,1-7H3,(H,31,35). The number of anilines is 1. The number of ether oxygens (including phenoxy) is 2. The van der Waals surface area contributed by atoms with Crippen LogP contribution in [0.3, 0.4) is 0 Å². The van der Waals surface area contributed by atoms with E-state index in [-0.39, 0.29) is 5.82 Å². The number of nitrogens with one attached hydrogen (secondary N) is 1. The van der Waals surface area contributed by atoms with Crippen LogP contribution in [0.1, 0.15) is 47.1 Å². The van der Waals surface area contributed by atoms with Gasteiger partial charge in [0.15, 0.2) is 5.82 Å². The molecule has 2 amide bonds. The van der Waals surface area contributed by atoms with Gasteiger partial charge in [0, 0.05) is 13.6 Å². The molecule has 4 rings (SSSR count). The van der Waals surface area contributed by atoms with E-state index in [1.54, 1.807) is 60.1 Å². The van der Waals surface area contributed by atoms with Gasteiger partial charge in [0.05, 0.1) is 34.9 Å². The highest BCUT2D eigenvalue weighted by Crippen LogP contribution is 2.30. The van der Waals surface area contributed by atoms with E-state index in [0.29, 0.717) is 12.1 Å². The number of aromatic nitrogens is 4. The Bertz CT molecular complexity index is 1440. The minimum absolute atomic E-state index is 0.186. The van der Waals surface area contributed by atoms with Crippen molar-refractivity contribution in [3.8, 4) is 11.4 Å². The molecule has 0 atom stereocenters. The Morgan fingerprint density at radius 2 is 1.63 bits per heavy atom. The van der Waals surface area contributed by atoms with Gasteiger partial charge in [-0.15, -0.1) is 0 Å². The van der Waals surface area contributed by atoms with Gasteiger partial charge in [-0.1, -0.05) is 30.3 Å². The van der Waals surface area contributed by atoms with Crippen LogP contribution >= 0.6 is 0 Å². The Labute approximate surface area is 222 Å². The molecule has 0 radical (unpaired) electrons. The molecule has 0 spiro atoms. The van der Waals surface area contributed by atoms with Crippen LogP contribution in [0.4, 0.5) is 15.4 Å². The predicted octanol–water partition coefficient (Wildman–Crippen LogP) is 5.67.